The van der Waals surface area contributed by atoms with Crippen LogP contribution in [0.2, 0.25) is 0 Å². The molecule has 0 atom stereocenters. The minimum atomic E-state index is 0.722. The van der Waals surface area contributed by atoms with Crippen LogP contribution in [0, 0.1) is 0 Å². The molecule has 2 aromatic carbocycles. The van der Waals surface area contributed by atoms with Crippen LogP contribution in [0.15, 0.2) is 54.6 Å². The van der Waals surface area contributed by atoms with Gasteiger partial charge in [0.25, 0.3) is 0 Å². The summed E-state index contributed by atoms with van der Waals surface area (Å²) < 4.78 is 5.53. The highest BCUT2D eigenvalue weighted by Crippen LogP contribution is 2.41. The van der Waals surface area contributed by atoms with Crippen molar-refractivity contribution in [2.45, 2.75) is 25.7 Å². The zero-order valence-corrected chi connectivity index (χ0v) is 16.6. The summed E-state index contributed by atoms with van der Waals surface area (Å²) >= 11 is 1.82. The van der Waals surface area contributed by atoms with Gasteiger partial charge >= 0.3 is 0 Å². The quantitative estimate of drug-likeness (QED) is 0.490. The van der Waals surface area contributed by atoms with E-state index in [0.29, 0.717) is 0 Å². The Kier molecular flexibility index (Phi) is 4.45. The van der Waals surface area contributed by atoms with Crippen LogP contribution in [0.25, 0.3) is 10.2 Å². The van der Waals surface area contributed by atoms with E-state index in [1.165, 1.54) is 27.8 Å². The van der Waals surface area contributed by atoms with Crippen LogP contribution >= 0.6 is 11.3 Å². The van der Waals surface area contributed by atoms with E-state index in [4.69, 9.17) is 14.7 Å². The van der Waals surface area contributed by atoms with Crippen molar-refractivity contribution in [1.29, 1.82) is 0 Å². The first-order valence-electron chi connectivity index (χ1n) is 9.57. The molecule has 0 saturated carbocycles. The van der Waals surface area contributed by atoms with Crippen LogP contribution in [-0.2, 0) is 19.3 Å². The van der Waals surface area contributed by atoms with Crippen molar-refractivity contribution < 1.29 is 4.74 Å². The van der Waals surface area contributed by atoms with E-state index in [1.807, 2.05) is 41.7 Å². The maximum absolute atomic E-state index is 5.53. The first-order valence-corrected chi connectivity index (χ1v) is 10.4. The molecule has 28 heavy (non-hydrogen) atoms. The highest BCUT2D eigenvalue weighted by atomic mass is 32.1. The van der Waals surface area contributed by atoms with E-state index >= 15 is 0 Å². The SMILES string of the molecule is COc1ccccc1Nc1nc(Cc2ccccc2)nc2sc3c(c12)CCC3. The number of hydrogen-bond acceptors (Lipinski definition) is 5. The Labute approximate surface area is 168 Å². The van der Waals surface area contributed by atoms with Gasteiger partial charge in [0.1, 0.15) is 22.2 Å². The Morgan fingerprint density at radius 1 is 1.00 bits per heavy atom. The van der Waals surface area contributed by atoms with Crippen molar-refractivity contribution in [2.75, 3.05) is 12.4 Å². The number of fused-ring (bicyclic) bond motifs is 3. The predicted molar refractivity (Wildman–Crippen MR) is 115 cm³/mol. The molecular formula is C23H21N3OS. The summed E-state index contributed by atoms with van der Waals surface area (Å²) in [4.78, 5) is 12.4. The fourth-order valence-corrected chi connectivity index (χ4v) is 5.14. The lowest BCUT2D eigenvalue weighted by Crippen LogP contribution is -2.03. The molecule has 2 heterocycles. The molecule has 0 spiro atoms. The fraction of sp³-hybridized carbons (Fsp3) is 0.217. The number of aryl methyl sites for hydroxylation is 2. The van der Waals surface area contributed by atoms with E-state index in [-0.39, 0.29) is 0 Å². The minimum absolute atomic E-state index is 0.722. The van der Waals surface area contributed by atoms with Gasteiger partial charge in [-0.3, -0.25) is 0 Å². The summed E-state index contributed by atoms with van der Waals surface area (Å²) in [6, 6.07) is 18.4. The molecule has 0 unspecified atom stereocenters. The van der Waals surface area contributed by atoms with Crippen molar-refractivity contribution in [3.8, 4) is 5.75 Å². The number of hydrogen-bond donors (Lipinski definition) is 1. The van der Waals surface area contributed by atoms with Crippen molar-refractivity contribution >= 4 is 33.1 Å². The Hall–Kier alpha value is -2.92. The lowest BCUT2D eigenvalue weighted by Gasteiger charge is -2.13. The molecule has 0 bridgehead atoms. The van der Waals surface area contributed by atoms with Gasteiger partial charge in [-0.25, -0.2) is 9.97 Å². The highest BCUT2D eigenvalue weighted by molar-refractivity contribution is 7.19. The number of aromatic nitrogens is 2. The van der Waals surface area contributed by atoms with Crippen molar-refractivity contribution in [2.24, 2.45) is 0 Å². The van der Waals surface area contributed by atoms with Crippen molar-refractivity contribution in [3.63, 3.8) is 0 Å². The highest BCUT2D eigenvalue weighted by Gasteiger charge is 2.23. The molecule has 5 heteroatoms. The third-order valence-corrected chi connectivity index (χ3v) is 6.36. The van der Waals surface area contributed by atoms with Gasteiger partial charge in [0.15, 0.2) is 0 Å². The largest absolute Gasteiger partial charge is 0.495 e. The van der Waals surface area contributed by atoms with Crippen LogP contribution in [-0.4, -0.2) is 17.1 Å². The van der Waals surface area contributed by atoms with Crippen LogP contribution in [0.5, 0.6) is 5.75 Å². The third-order valence-electron chi connectivity index (χ3n) is 5.18. The summed E-state index contributed by atoms with van der Waals surface area (Å²) in [7, 11) is 1.69. The smallest absolute Gasteiger partial charge is 0.143 e. The standard InChI is InChI=1S/C23H21N3OS/c1-27-18-12-6-5-11-17(18)24-22-21-16-10-7-13-19(16)28-23(21)26-20(25-22)14-15-8-3-2-4-9-15/h2-6,8-9,11-12H,7,10,13-14H2,1H3,(H,24,25,26). The molecule has 0 saturated heterocycles. The van der Waals surface area contributed by atoms with Crippen LogP contribution < -0.4 is 10.1 Å². The molecule has 1 aliphatic rings. The third kappa shape index (κ3) is 3.12. The van der Waals surface area contributed by atoms with E-state index < -0.39 is 0 Å². The average molecular weight is 388 g/mol. The summed E-state index contributed by atoms with van der Waals surface area (Å²) in [6.45, 7) is 0. The zero-order valence-electron chi connectivity index (χ0n) is 15.7. The van der Waals surface area contributed by atoms with Gasteiger partial charge < -0.3 is 10.1 Å². The molecule has 1 aliphatic carbocycles. The molecule has 4 nitrogen and oxygen atoms in total. The molecule has 0 aliphatic heterocycles. The maximum atomic E-state index is 5.53. The number of ether oxygens (including phenoxy) is 1. The monoisotopic (exact) mass is 387 g/mol. The molecule has 0 amide bonds. The van der Waals surface area contributed by atoms with Gasteiger partial charge in [-0.1, -0.05) is 42.5 Å². The second kappa shape index (κ2) is 7.24. The Balaban J connectivity index is 1.62. The summed E-state index contributed by atoms with van der Waals surface area (Å²) in [5, 5.41) is 4.72. The molecule has 0 fully saturated rings. The maximum Gasteiger partial charge on any atom is 0.143 e. The first-order chi connectivity index (χ1) is 13.8. The molecular weight excluding hydrogens is 366 g/mol. The molecule has 4 aromatic rings. The number of methoxy groups -OCH3 is 1. The lowest BCUT2D eigenvalue weighted by atomic mass is 10.1. The topological polar surface area (TPSA) is 47.0 Å². The van der Waals surface area contributed by atoms with Crippen LogP contribution in [0.4, 0.5) is 11.5 Å². The van der Waals surface area contributed by atoms with E-state index in [1.54, 1.807) is 7.11 Å². The molecule has 2 aromatic heterocycles. The Morgan fingerprint density at radius 2 is 1.82 bits per heavy atom. The van der Waals surface area contributed by atoms with Crippen molar-refractivity contribution in [3.05, 3.63) is 76.4 Å². The normalized spacial score (nSPS) is 12.9. The second-order valence-corrected chi connectivity index (χ2v) is 8.10. The number of para-hydroxylation sites is 2. The van der Waals surface area contributed by atoms with Crippen LogP contribution in [0.3, 0.4) is 0 Å². The first kappa shape index (κ1) is 17.2. The van der Waals surface area contributed by atoms with E-state index in [0.717, 1.165) is 47.2 Å². The minimum Gasteiger partial charge on any atom is -0.495 e. The molecule has 0 radical (unpaired) electrons. The van der Waals surface area contributed by atoms with Crippen molar-refractivity contribution in [1.82, 2.24) is 9.97 Å². The lowest BCUT2D eigenvalue weighted by molar-refractivity contribution is 0.417. The molecule has 1 N–H and O–H groups in total. The van der Waals surface area contributed by atoms with Crippen LogP contribution in [0.1, 0.15) is 28.2 Å². The predicted octanol–water partition coefficient (Wildman–Crippen LogP) is 5.52. The zero-order chi connectivity index (χ0) is 18.9. The molecule has 140 valence electrons. The number of anilines is 2. The van der Waals surface area contributed by atoms with E-state index in [9.17, 15) is 0 Å². The van der Waals surface area contributed by atoms with E-state index in [2.05, 4.69) is 29.6 Å². The summed E-state index contributed by atoms with van der Waals surface area (Å²) in [6.07, 6.45) is 4.20. The fourth-order valence-electron chi connectivity index (χ4n) is 3.86. The molecule has 5 rings (SSSR count). The van der Waals surface area contributed by atoms with Gasteiger partial charge in [0, 0.05) is 11.3 Å². The van der Waals surface area contributed by atoms with Gasteiger partial charge in [-0.05, 0) is 42.5 Å². The number of nitrogens with one attached hydrogen (secondary N) is 1. The number of rotatable bonds is 5. The second-order valence-electron chi connectivity index (χ2n) is 7.01. The van der Waals surface area contributed by atoms with Gasteiger partial charge in [-0.15, -0.1) is 11.3 Å². The van der Waals surface area contributed by atoms with Gasteiger partial charge in [0.05, 0.1) is 18.2 Å². The summed E-state index contributed by atoms with van der Waals surface area (Å²) in [5.41, 5.74) is 3.56. The number of nitrogens with zero attached hydrogens (tertiary/aromatic N) is 2. The average Bonchev–Trinajstić information content (AvgIpc) is 3.30. The Bertz CT molecular complexity index is 1140. The van der Waals surface area contributed by atoms with Gasteiger partial charge in [-0.2, -0.15) is 0 Å². The number of benzene rings is 2. The Morgan fingerprint density at radius 3 is 2.68 bits per heavy atom. The number of thiophene rings is 1. The van der Waals surface area contributed by atoms with Gasteiger partial charge in [0.2, 0.25) is 0 Å². The summed E-state index contributed by atoms with van der Waals surface area (Å²) in [5.74, 6) is 2.54.